The highest BCUT2D eigenvalue weighted by molar-refractivity contribution is 5.53. The Balaban J connectivity index is 2.95. The second-order valence-electron chi connectivity index (χ2n) is 4.10. The van der Waals surface area contributed by atoms with Gasteiger partial charge in [-0.05, 0) is 12.5 Å². The van der Waals surface area contributed by atoms with Crippen LogP contribution in [0.3, 0.4) is 0 Å². The summed E-state index contributed by atoms with van der Waals surface area (Å²) in [7, 11) is 5.47. The van der Waals surface area contributed by atoms with Crippen molar-refractivity contribution in [3.8, 4) is 11.8 Å². The van der Waals surface area contributed by atoms with E-state index < -0.39 is 6.10 Å². The first-order chi connectivity index (χ1) is 8.60. The quantitative estimate of drug-likeness (QED) is 0.810. The normalized spacial score (nSPS) is 12.2. The Morgan fingerprint density at radius 3 is 2.78 bits per heavy atom. The molecule has 18 heavy (non-hydrogen) atoms. The smallest absolute Gasteiger partial charge is 0.126 e. The van der Waals surface area contributed by atoms with Crippen LogP contribution in [0.2, 0.25) is 0 Å². The van der Waals surface area contributed by atoms with Crippen LogP contribution in [-0.2, 0) is 0 Å². The molecule has 0 aliphatic carbocycles. The maximum absolute atomic E-state index is 10.0. The molecule has 1 aromatic carbocycles. The predicted molar refractivity (Wildman–Crippen MR) is 71.7 cm³/mol. The van der Waals surface area contributed by atoms with Gasteiger partial charge in [-0.1, -0.05) is 12.1 Å². The van der Waals surface area contributed by atoms with Gasteiger partial charge in [0.25, 0.3) is 0 Å². The van der Waals surface area contributed by atoms with Crippen molar-refractivity contribution in [1.82, 2.24) is 0 Å². The van der Waals surface area contributed by atoms with Crippen molar-refractivity contribution < 1.29 is 9.84 Å². The number of aliphatic hydroxyl groups is 1. The van der Waals surface area contributed by atoms with Gasteiger partial charge in [-0.15, -0.1) is 0 Å². The highest BCUT2D eigenvalue weighted by Gasteiger charge is 2.13. The summed E-state index contributed by atoms with van der Waals surface area (Å²) in [5.41, 5.74) is 1.74. The molecule has 0 saturated heterocycles. The Hall–Kier alpha value is -1.99. The van der Waals surface area contributed by atoms with Gasteiger partial charge in [0.15, 0.2) is 0 Å². The monoisotopic (exact) mass is 246 g/mol. The van der Waals surface area contributed by atoms with Crippen LogP contribution >= 0.6 is 0 Å². The second-order valence-corrected chi connectivity index (χ2v) is 4.10. The molecule has 1 aromatic rings. The standard InChI is InChI=1S/C14H18N2O2/c1-16(2)11-7-8-12(14(10-11)18-3)13(17)6-4-5-9-15/h4-5,7-8,10,13,17H,6H2,1-3H3/b5-4-/t13-/m0/s1. The molecule has 0 aromatic heterocycles. The second kappa shape index (κ2) is 6.67. The Labute approximate surface area is 108 Å². The molecule has 96 valence electrons. The van der Waals surface area contributed by atoms with Gasteiger partial charge in [0.1, 0.15) is 5.75 Å². The number of nitriles is 1. The van der Waals surface area contributed by atoms with Crippen molar-refractivity contribution >= 4 is 5.69 Å². The molecule has 0 saturated carbocycles. The van der Waals surface area contributed by atoms with Crippen LogP contribution in [0.5, 0.6) is 5.75 Å². The highest BCUT2D eigenvalue weighted by atomic mass is 16.5. The molecular formula is C14H18N2O2. The van der Waals surface area contributed by atoms with Gasteiger partial charge in [-0.3, -0.25) is 0 Å². The first kappa shape index (κ1) is 14.1. The molecular weight excluding hydrogens is 228 g/mol. The summed E-state index contributed by atoms with van der Waals surface area (Å²) in [5.74, 6) is 0.652. The fraction of sp³-hybridized carbons (Fsp3) is 0.357. The van der Waals surface area contributed by atoms with E-state index >= 15 is 0 Å². The number of hydrogen-bond acceptors (Lipinski definition) is 4. The molecule has 0 unspecified atom stereocenters. The number of nitrogens with zero attached hydrogens (tertiary/aromatic N) is 2. The van der Waals surface area contributed by atoms with Crippen molar-refractivity contribution in [1.29, 1.82) is 5.26 Å². The Kier molecular flexibility index (Phi) is 5.22. The van der Waals surface area contributed by atoms with Gasteiger partial charge in [0, 0.05) is 37.5 Å². The zero-order chi connectivity index (χ0) is 13.5. The van der Waals surface area contributed by atoms with Gasteiger partial charge < -0.3 is 14.7 Å². The molecule has 0 bridgehead atoms. The van der Waals surface area contributed by atoms with Crippen molar-refractivity contribution in [2.75, 3.05) is 26.1 Å². The first-order valence-corrected chi connectivity index (χ1v) is 5.68. The van der Waals surface area contributed by atoms with Gasteiger partial charge in [0.2, 0.25) is 0 Å². The Bertz CT molecular complexity index is 461. The molecule has 0 heterocycles. The molecule has 0 aliphatic heterocycles. The number of rotatable bonds is 5. The fourth-order valence-corrected chi connectivity index (χ4v) is 1.63. The SMILES string of the molecule is COc1cc(N(C)C)ccc1[C@@H](O)C/C=C\C#N. The maximum atomic E-state index is 10.0. The van der Waals surface area contributed by atoms with E-state index in [-0.39, 0.29) is 0 Å². The number of hydrogen-bond donors (Lipinski definition) is 1. The highest BCUT2D eigenvalue weighted by Crippen LogP contribution is 2.31. The molecule has 4 heteroatoms. The minimum atomic E-state index is -0.666. The lowest BCUT2D eigenvalue weighted by Crippen LogP contribution is -2.09. The summed E-state index contributed by atoms with van der Waals surface area (Å²) in [6.07, 6.45) is 2.74. The summed E-state index contributed by atoms with van der Waals surface area (Å²) in [4.78, 5) is 1.97. The lowest BCUT2D eigenvalue weighted by molar-refractivity contribution is 0.177. The Morgan fingerprint density at radius 2 is 2.22 bits per heavy atom. The number of ether oxygens (including phenoxy) is 1. The summed E-state index contributed by atoms with van der Waals surface area (Å²) >= 11 is 0. The number of anilines is 1. The lowest BCUT2D eigenvalue weighted by atomic mass is 10.0. The number of allylic oxidation sites excluding steroid dienone is 1. The molecule has 0 radical (unpaired) electrons. The number of methoxy groups -OCH3 is 1. The Morgan fingerprint density at radius 1 is 1.50 bits per heavy atom. The van der Waals surface area contributed by atoms with E-state index in [9.17, 15) is 5.11 Å². The maximum Gasteiger partial charge on any atom is 0.126 e. The van der Waals surface area contributed by atoms with Crippen molar-refractivity contribution in [3.05, 3.63) is 35.9 Å². The van der Waals surface area contributed by atoms with Crippen LogP contribution in [-0.4, -0.2) is 26.3 Å². The lowest BCUT2D eigenvalue weighted by Gasteiger charge is -2.18. The summed E-state index contributed by atoms with van der Waals surface area (Å²) in [6, 6.07) is 7.55. The topological polar surface area (TPSA) is 56.5 Å². The van der Waals surface area contributed by atoms with Crippen LogP contribution in [0.25, 0.3) is 0 Å². The third-order valence-electron chi connectivity index (χ3n) is 2.64. The van der Waals surface area contributed by atoms with Crippen LogP contribution < -0.4 is 9.64 Å². The summed E-state index contributed by atoms with van der Waals surface area (Å²) < 4.78 is 5.29. The number of benzene rings is 1. The van der Waals surface area contributed by atoms with Crippen molar-refractivity contribution in [3.63, 3.8) is 0 Å². The van der Waals surface area contributed by atoms with E-state index in [0.717, 1.165) is 11.3 Å². The molecule has 0 amide bonds. The molecule has 1 N–H and O–H groups in total. The zero-order valence-electron chi connectivity index (χ0n) is 10.9. The van der Waals surface area contributed by atoms with E-state index in [2.05, 4.69) is 0 Å². The minimum absolute atomic E-state index is 0.394. The summed E-state index contributed by atoms with van der Waals surface area (Å²) in [6.45, 7) is 0. The van der Waals surface area contributed by atoms with Gasteiger partial charge in [0.05, 0.1) is 19.3 Å². The van der Waals surface area contributed by atoms with Crippen molar-refractivity contribution in [2.24, 2.45) is 0 Å². The molecule has 0 fully saturated rings. The van der Waals surface area contributed by atoms with Crippen molar-refractivity contribution in [2.45, 2.75) is 12.5 Å². The first-order valence-electron chi connectivity index (χ1n) is 5.68. The molecule has 0 spiro atoms. The van der Waals surface area contributed by atoms with Crippen LogP contribution in [0.1, 0.15) is 18.1 Å². The van der Waals surface area contributed by atoms with Gasteiger partial charge in [-0.2, -0.15) is 5.26 Å². The van der Waals surface area contributed by atoms with E-state index in [0.29, 0.717) is 12.2 Å². The zero-order valence-corrected chi connectivity index (χ0v) is 10.9. The van der Waals surface area contributed by atoms with Gasteiger partial charge in [-0.25, -0.2) is 0 Å². The predicted octanol–water partition coefficient (Wildman–Crippen LogP) is 2.26. The van der Waals surface area contributed by atoms with E-state index in [1.54, 1.807) is 13.2 Å². The molecule has 1 rings (SSSR count). The molecule has 0 aliphatic rings. The number of aliphatic hydroxyl groups excluding tert-OH is 1. The largest absolute Gasteiger partial charge is 0.496 e. The third-order valence-corrected chi connectivity index (χ3v) is 2.64. The van der Waals surface area contributed by atoms with Crippen LogP contribution in [0.15, 0.2) is 30.4 Å². The minimum Gasteiger partial charge on any atom is -0.496 e. The third kappa shape index (κ3) is 3.51. The average molecular weight is 246 g/mol. The average Bonchev–Trinajstić information content (AvgIpc) is 2.38. The van der Waals surface area contributed by atoms with Gasteiger partial charge >= 0.3 is 0 Å². The van der Waals surface area contributed by atoms with E-state index in [1.165, 1.54) is 6.08 Å². The summed E-state index contributed by atoms with van der Waals surface area (Å²) in [5, 5.41) is 18.4. The van der Waals surface area contributed by atoms with E-state index in [1.807, 2.05) is 43.3 Å². The van der Waals surface area contributed by atoms with Crippen LogP contribution in [0.4, 0.5) is 5.69 Å². The molecule has 4 nitrogen and oxygen atoms in total. The van der Waals surface area contributed by atoms with Crippen LogP contribution in [0, 0.1) is 11.3 Å². The van der Waals surface area contributed by atoms with E-state index in [4.69, 9.17) is 10.00 Å². The fourth-order valence-electron chi connectivity index (χ4n) is 1.63. The molecule has 1 atom stereocenters.